The van der Waals surface area contributed by atoms with Gasteiger partial charge in [0.25, 0.3) is 0 Å². The predicted octanol–water partition coefficient (Wildman–Crippen LogP) is 4.13. The third-order valence-electron chi connectivity index (χ3n) is 5.69. The summed E-state index contributed by atoms with van der Waals surface area (Å²) >= 11 is 0. The third kappa shape index (κ3) is 2.04. The van der Waals surface area contributed by atoms with Gasteiger partial charge < -0.3 is 9.85 Å². The number of rotatable bonds is 3. The van der Waals surface area contributed by atoms with Gasteiger partial charge in [0.1, 0.15) is 0 Å². The van der Waals surface area contributed by atoms with Crippen molar-refractivity contribution in [1.82, 2.24) is 0 Å². The molecule has 0 heterocycles. The number of hydrogen-bond donors (Lipinski definition) is 0. The molecular formula is C15H27NO. The quantitative estimate of drug-likeness (QED) is 0.534. The van der Waals surface area contributed by atoms with E-state index in [0.717, 1.165) is 0 Å². The molecule has 2 nitrogen and oxygen atoms in total. The highest BCUT2D eigenvalue weighted by Gasteiger charge is 2.45. The first kappa shape index (κ1) is 12.0. The number of nitrogens with zero attached hydrogens (tertiary/aromatic N) is 1. The van der Waals surface area contributed by atoms with Gasteiger partial charge in [-0.2, -0.15) is 0 Å². The molecule has 0 aromatic carbocycles. The van der Waals surface area contributed by atoms with Crippen LogP contribution in [0.1, 0.15) is 77.0 Å². The number of hydroxylamine groups is 3. The molecule has 3 aliphatic carbocycles. The maximum Gasteiger partial charge on any atom is 0.0891 e. The summed E-state index contributed by atoms with van der Waals surface area (Å²) in [5.41, 5.74) is 0. The monoisotopic (exact) mass is 237 g/mol. The molecule has 3 fully saturated rings. The van der Waals surface area contributed by atoms with Crippen LogP contribution in [0.15, 0.2) is 0 Å². The zero-order valence-electron chi connectivity index (χ0n) is 11.1. The van der Waals surface area contributed by atoms with Gasteiger partial charge in [-0.15, -0.1) is 0 Å². The Hall–Kier alpha value is -0.0800. The van der Waals surface area contributed by atoms with Gasteiger partial charge in [-0.25, -0.2) is 0 Å². The van der Waals surface area contributed by atoms with Crippen molar-refractivity contribution in [3.8, 4) is 0 Å². The molecule has 0 unspecified atom stereocenters. The molecule has 17 heavy (non-hydrogen) atoms. The van der Waals surface area contributed by atoms with Gasteiger partial charge in [-0.05, 0) is 77.0 Å². The minimum Gasteiger partial charge on any atom is -0.632 e. The van der Waals surface area contributed by atoms with Crippen LogP contribution in [0.4, 0.5) is 0 Å². The predicted molar refractivity (Wildman–Crippen MR) is 70.4 cm³/mol. The molecule has 0 spiro atoms. The first-order chi connectivity index (χ1) is 8.32. The summed E-state index contributed by atoms with van der Waals surface area (Å²) in [6.45, 7) is 0. The van der Waals surface area contributed by atoms with Gasteiger partial charge >= 0.3 is 0 Å². The van der Waals surface area contributed by atoms with Crippen LogP contribution >= 0.6 is 0 Å². The van der Waals surface area contributed by atoms with Crippen LogP contribution in [0.25, 0.3) is 0 Å². The highest BCUT2D eigenvalue weighted by atomic mass is 16.6. The molecule has 0 N–H and O–H groups in total. The number of hydrogen-bond acceptors (Lipinski definition) is 1. The molecule has 98 valence electrons. The lowest BCUT2D eigenvalue weighted by molar-refractivity contribution is -0.950. The second-order valence-electron chi connectivity index (χ2n) is 6.58. The van der Waals surface area contributed by atoms with E-state index >= 15 is 0 Å². The van der Waals surface area contributed by atoms with Gasteiger partial charge in [0.2, 0.25) is 0 Å². The molecule has 3 rings (SSSR count). The van der Waals surface area contributed by atoms with Crippen LogP contribution in [0.5, 0.6) is 0 Å². The summed E-state index contributed by atoms with van der Waals surface area (Å²) in [5.74, 6) is 0. The van der Waals surface area contributed by atoms with E-state index in [1.54, 1.807) is 0 Å². The second-order valence-corrected chi connectivity index (χ2v) is 6.58. The van der Waals surface area contributed by atoms with E-state index in [9.17, 15) is 5.21 Å². The Morgan fingerprint density at radius 2 is 0.765 bits per heavy atom. The minimum absolute atomic E-state index is 0.250. The molecule has 0 amide bonds. The molecule has 0 saturated heterocycles. The lowest BCUT2D eigenvalue weighted by Gasteiger charge is -2.56. The highest BCUT2D eigenvalue weighted by molar-refractivity contribution is 4.82. The molecule has 0 aromatic heterocycles. The maximum atomic E-state index is 13.6. The summed E-state index contributed by atoms with van der Waals surface area (Å²) in [6.07, 6.45) is 15.2. The van der Waals surface area contributed by atoms with Crippen molar-refractivity contribution in [2.45, 2.75) is 95.2 Å². The molecule has 0 bridgehead atoms. The van der Waals surface area contributed by atoms with Crippen molar-refractivity contribution in [2.75, 3.05) is 0 Å². The van der Waals surface area contributed by atoms with E-state index in [-0.39, 0.29) is 4.65 Å². The van der Waals surface area contributed by atoms with Crippen LogP contribution in [-0.2, 0) is 0 Å². The summed E-state index contributed by atoms with van der Waals surface area (Å²) in [7, 11) is 0. The Kier molecular flexibility index (Phi) is 3.45. The lowest BCUT2D eigenvalue weighted by atomic mass is 10.0. The molecule has 0 aliphatic heterocycles. The second kappa shape index (κ2) is 4.89. The minimum atomic E-state index is 0.250. The van der Waals surface area contributed by atoms with Crippen molar-refractivity contribution < 1.29 is 4.65 Å². The standard InChI is InChI=1S/C15H27NO/c17-16(13-7-1-2-8-13,14-9-3-4-10-14)15-11-5-6-12-15/h13-15H,1-12H2. The Labute approximate surface area is 106 Å². The van der Waals surface area contributed by atoms with Crippen LogP contribution < -0.4 is 0 Å². The normalized spacial score (nSPS) is 29.5. The zero-order valence-corrected chi connectivity index (χ0v) is 11.1. The zero-order chi connectivity index (χ0) is 11.7. The molecule has 0 radical (unpaired) electrons. The average molecular weight is 237 g/mol. The van der Waals surface area contributed by atoms with Crippen molar-refractivity contribution in [3.63, 3.8) is 0 Å². The van der Waals surface area contributed by atoms with Crippen molar-refractivity contribution in [3.05, 3.63) is 5.21 Å². The lowest BCUT2D eigenvalue weighted by Crippen LogP contribution is -2.60. The average Bonchev–Trinajstić information content (AvgIpc) is 3.10. The van der Waals surface area contributed by atoms with Crippen LogP contribution in [0.2, 0.25) is 0 Å². The molecular weight excluding hydrogens is 210 g/mol. The van der Waals surface area contributed by atoms with E-state index in [4.69, 9.17) is 0 Å². The fraction of sp³-hybridized carbons (Fsp3) is 1.00. The Morgan fingerprint density at radius 3 is 1.00 bits per heavy atom. The van der Waals surface area contributed by atoms with Crippen LogP contribution in [-0.4, -0.2) is 22.8 Å². The van der Waals surface area contributed by atoms with Crippen LogP contribution in [0, 0.1) is 5.21 Å². The summed E-state index contributed by atoms with van der Waals surface area (Å²) < 4.78 is 0.250. The maximum absolute atomic E-state index is 13.6. The Morgan fingerprint density at radius 1 is 0.529 bits per heavy atom. The molecule has 3 saturated carbocycles. The van der Waals surface area contributed by atoms with Gasteiger partial charge in [-0.3, -0.25) is 0 Å². The van der Waals surface area contributed by atoms with E-state index < -0.39 is 0 Å². The third-order valence-corrected chi connectivity index (χ3v) is 5.69. The first-order valence-electron chi connectivity index (χ1n) is 7.91. The van der Waals surface area contributed by atoms with Gasteiger partial charge in [-0.1, -0.05) is 0 Å². The van der Waals surface area contributed by atoms with Crippen molar-refractivity contribution in [2.24, 2.45) is 0 Å². The topological polar surface area (TPSA) is 23.1 Å². The molecule has 3 aliphatic rings. The number of quaternary nitrogens is 1. The van der Waals surface area contributed by atoms with E-state index in [1.807, 2.05) is 0 Å². The Bertz CT molecular complexity index is 207. The van der Waals surface area contributed by atoms with Crippen molar-refractivity contribution in [1.29, 1.82) is 0 Å². The van der Waals surface area contributed by atoms with E-state index in [1.165, 1.54) is 77.0 Å². The van der Waals surface area contributed by atoms with Gasteiger partial charge in [0.15, 0.2) is 0 Å². The molecule has 0 atom stereocenters. The van der Waals surface area contributed by atoms with Crippen molar-refractivity contribution >= 4 is 0 Å². The molecule has 2 heteroatoms. The first-order valence-corrected chi connectivity index (χ1v) is 7.91. The SMILES string of the molecule is [O-][N+](C1CCCC1)(C1CCCC1)C1CCCC1. The van der Waals surface area contributed by atoms with Gasteiger partial charge in [0.05, 0.1) is 18.1 Å². The smallest absolute Gasteiger partial charge is 0.0891 e. The summed E-state index contributed by atoms with van der Waals surface area (Å²) in [6, 6.07) is 1.42. The van der Waals surface area contributed by atoms with E-state index in [0.29, 0.717) is 18.1 Å². The fourth-order valence-electron chi connectivity index (χ4n) is 4.82. The fourth-order valence-corrected chi connectivity index (χ4v) is 4.82. The van der Waals surface area contributed by atoms with E-state index in [2.05, 4.69) is 0 Å². The Balaban J connectivity index is 1.81. The molecule has 0 aromatic rings. The highest BCUT2D eigenvalue weighted by Crippen LogP contribution is 2.43. The van der Waals surface area contributed by atoms with Gasteiger partial charge in [0, 0.05) is 0 Å². The summed E-state index contributed by atoms with van der Waals surface area (Å²) in [4.78, 5) is 0. The summed E-state index contributed by atoms with van der Waals surface area (Å²) in [5, 5.41) is 13.6. The van der Waals surface area contributed by atoms with Crippen LogP contribution in [0.3, 0.4) is 0 Å². The largest absolute Gasteiger partial charge is 0.632 e.